The summed E-state index contributed by atoms with van der Waals surface area (Å²) < 4.78 is 32.5. The van der Waals surface area contributed by atoms with Crippen molar-refractivity contribution < 1.29 is 32.6 Å². The molecule has 9 nitrogen and oxygen atoms in total. The second-order valence-corrected chi connectivity index (χ2v) is 6.83. The monoisotopic (exact) mass is 330 g/mol. The second kappa shape index (κ2) is 6.10. The summed E-state index contributed by atoms with van der Waals surface area (Å²) in [5, 5.41) is 13.4. The molecule has 2 amide bonds. The summed E-state index contributed by atoms with van der Waals surface area (Å²) in [4.78, 5) is 22.7. The average Bonchev–Trinajstić information content (AvgIpc) is 2.83. The van der Waals surface area contributed by atoms with Crippen molar-refractivity contribution in [1.29, 1.82) is 0 Å². The van der Waals surface area contributed by atoms with Crippen LogP contribution in [0.25, 0.3) is 0 Å². The van der Waals surface area contributed by atoms with Gasteiger partial charge in [-0.25, -0.2) is 18.0 Å². The lowest BCUT2D eigenvalue weighted by molar-refractivity contribution is -0.138. The quantitative estimate of drug-likeness (QED) is 0.694. The lowest BCUT2D eigenvalue weighted by atomic mass is 10.3. The molecule has 0 aliphatic carbocycles. The minimum absolute atomic E-state index is 0.0838. The molecule has 22 heavy (non-hydrogen) atoms. The molecule has 1 unspecified atom stereocenters. The van der Waals surface area contributed by atoms with E-state index in [1.165, 1.54) is 6.07 Å². The number of anilines is 1. The number of benzene rings is 1. The van der Waals surface area contributed by atoms with Crippen LogP contribution < -0.4 is 20.1 Å². The van der Waals surface area contributed by atoms with E-state index >= 15 is 0 Å². The minimum Gasteiger partial charge on any atom is -0.480 e. The number of nitrogens with one attached hydrogen (secondary N) is 2. The third kappa shape index (κ3) is 4.25. The van der Waals surface area contributed by atoms with E-state index in [4.69, 9.17) is 14.6 Å². The molecular formula is C12H14N2O7S. The fourth-order valence-corrected chi connectivity index (χ4v) is 2.61. The molecule has 0 saturated heterocycles. The highest BCUT2D eigenvalue weighted by atomic mass is 32.2. The first-order valence-electron chi connectivity index (χ1n) is 6.12. The van der Waals surface area contributed by atoms with Crippen LogP contribution in [-0.4, -0.2) is 50.4 Å². The predicted molar refractivity (Wildman–Crippen MR) is 75.9 cm³/mol. The Labute approximate surface area is 126 Å². The molecule has 120 valence electrons. The Bertz CT molecular complexity index is 701. The topological polar surface area (TPSA) is 131 Å². The molecule has 2 rings (SSSR count). The number of carbonyl (C=O) groups is 2. The Kier molecular flexibility index (Phi) is 4.40. The summed E-state index contributed by atoms with van der Waals surface area (Å²) in [7, 11) is -3.55. The van der Waals surface area contributed by atoms with Crippen molar-refractivity contribution in [2.45, 2.75) is 6.04 Å². The Morgan fingerprint density at radius 1 is 1.32 bits per heavy atom. The number of sulfone groups is 1. The molecule has 0 fully saturated rings. The van der Waals surface area contributed by atoms with Gasteiger partial charge in [-0.05, 0) is 12.1 Å². The van der Waals surface area contributed by atoms with E-state index in [0.29, 0.717) is 17.2 Å². The van der Waals surface area contributed by atoms with Gasteiger partial charge in [-0.2, -0.15) is 0 Å². The van der Waals surface area contributed by atoms with E-state index in [0.717, 1.165) is 6.26 Å². The van der Waals surface area contributed by atoms with Crippen LogP contribution in [0.5, 0.6) is 11.5 Å². The molecule has 1 aromatic rings. The van der Waals surface area contributed by atoms with Gasteiger partial charge in [0.25, 0.3) is 0 Å². The summed E-state index contributed by atoms with van der Waals surface area (Å²) in [6.07, 6.45) is 0.889. The Balaban J connectivity index is 2.00. The number of urea groups is 1. The van der Waals surface area contributed by atoms with Crippen molar-refractivity contribution in [1.82, 2.24) is 5.32 Å². The molecule has 1 aliphatic rings. The second-order valence-electron chi connectivity index (χ2n) is 4.65. The largest absolute Gasteiger partial charge is 0.480 e. The third-order valence-electron chi connectivity index (χ3n) is 2.70. The molecule has 3 N–H and O–H groups in total. The standard InChI is InChI=1S/C12H14N2O7S/c1-22(18,19)5-8(11(15)16)14-12(17)13-7-2-3-9-10(4-7)21-6-20-9/h2-4,8H,5-6H2,1H3,(H,15,16)(H2,13,14,17). The average molecular weight is 330 g/mol. The van der Waals surface area contributed by atoms with Gasteiger partial charge in [-0.3, -0.25) is 0 Å². The normalized spacial score (nSPS) is 14.2. The van der Waals surface area contributed by atoms with Gasteiger partial charge < -0.3 is 25.2 Å². The maximum Gasteiger partial charge on any atom is 0.327 e. The molecule has 0 aromatic heterocycles. The lowest BCUT2D eigenvalue weighted by Gasteiger charge is -2.14. The molecule has 0 radical (unpaired) electrons. The van der Waals surface area contributed by atoms with Crippen molar-refractivity contribution in [3.8, 4) is 11.5 Å². The molecule has 0 saturated carbocycles. The highest BCUT2D eigenvalue weighted by Crippen LogP contribution is 2.34. The van der Waals surface area contributed by atoms with Gasteiger partial charge in [0.2, 0.25) is 6.79 Å². The van der Waals surface area contributed by atoms with E-state index in [-0.39, 0.29) is 6.79 Å². The molecule has 0 bridgehead atoms. The van der Waals surface area contributed by atoms with E-state index in [2.05, 4.69) is 10.6 Å². The smallest absolute Gasteiger partial charge is 0.327 e. The van der Waals surface area contributed by atoms with Gasteiger partial charge in [0.05, 0.1) is 5.75 Å². The number of carboxylic acids is 1. The van der Waals surface area contributed by atoms with Crippen molar-refractivity contribution in [3.05, 3.63) is 18.2 Å². The third-order valence-corrected chi connectivity index (χ3v) is 3.64. The molecule has 0 spiro atoms. The Morgan fingerprint density at radius 2 is 2.00 bits per heavy atom. The van der Waals surface area contributed by atoms with Gasteiger partial charge in [0.15, 0.2) is 11.5 Å². The van der Waals surface area contributed by atoms with Gasteiger partial charge in [-0.1, -0.05) is 0 Å². The first-order valence-corrected chi connectivity index (χ1v) is 8.18. The number of aliphatic carboxylic acids is 1. The summed E-state index contributed by atoms with van der Waals surface area (Å²) in [5.41, 5.74) is 0.352. The van der Waals surface area contributed by atoms with Gasteiger partial charge >= 0.3 is 12.0 Å². The molecule has 10 heteroatoms. The number of fused-ring (bicyclic) bond motifs is 1. The fraction of sp³-hybridized carbons (Fsp3) is 0.333. The first kappa shape index (κ1) is 15.9. The van der Waals surface area contributed by atoms with E-state index in [1.807, 2.05) is 0 Å². The highest BCUT2D eigenvalue weighted by Gasteiger charge is 2.24. The summed E-state index contributed by atoms with van der Waals surface area (Å²) in [5.74, 6) is -1.15. The molecular weight excluding hydrogens is 316 g/mol. The Hall–Kier alpha value is -2.49. The maximum atomic E-state index is 11.8. The van der Waals surface area contributed by atoms with E-state index in [9.17, 15) is 18.0 Å². The fourth-order valence-electron chi connectivity index (χ4n) is 1.78. The van der Waals surface area contributed by atoms with Crippen molar-refractivity contribution in [2.24, 2.45) is 0 Å². The zero-order valence-corrected chi connectivity index (χ0v) is 12.3. The maximum absolute atomic E-state index is 11.8. The summed E-state index contributed by atoms with van der Waals surface area (Å²) >= 11 is 0. The van der Waals surface area contributed by atoms with E-state index in [1.54, 1.807) is 12.1 Å². The number of rotatable bonds is 5. The van der Waals surface area contributed by atoms with E-state index < -0.39 is 33.6 Å². The van der Waals surface area contributed by atoms with Crippen LogP contribution in [0.3, 0.4) is 0 Å². The molecule has 1 heterocycles. The molecule has 1 atom stereocenters. The van der Waals surface area contributed by atoms with Crippen LogP contribution in [0.4, 0.5) is 10.5 Å². The van der Waals surface area contributed by atoms with Crippen LogP contribution >= 0.6 is 0 Å². The zero-order valence-electron chi connectivity index (χ0n) is 11.5. The van der Waals surface area contributed by atoms with Gasteiger partial charge in [0.1, 0.15) is 15.9 Å². The number of hydrogen-bond acceptors (Lipinski definition) is 6. The minimum atomic E-state index is -3.55. The highest BCUT2D eigenvalue weighted by molar-refractivity contribution is 7.90. The van der Waals surface area contributed by atoms with Crippen LogP contribution in [0.2, 0.25) is 0 Å². The molecule has 1 aromatic carbocycles. The lowest BCUT2D eigenvalue weighted by Crippen LogP contribution is -2.46. The number of hydrogen-bond donors (Lipinski definition) is 3. The van der Waals surface area contributed by atoms with Crippen LogP contribution in [0, 0.1) is 0 Å². The molecule has 1 aliphatic heterocycles. The first-order chi connectivity index (χ1) is 10.2. The summed E-state index contributed by atoms with van der Waals surface area (Å²) in [6.45, 7) is 0.0838. The number of amides is 2. The van der Waals surface area contributed by atoms with Gasteiger partial charge in [0, 0.05) is 18.0 Å². The summed E-state index contributed by atoms with van der Waals surface area (Å²) in [6, 6.07) is 2.26. The van der Waals surface area contributed by atoms with Crippen molar-refractivity contribution in [2.75, 3.05) is 24.1 Å². The number of ether oxygens (including phenoxy) is 2. The SMILES string of the molecule is CS(=O)(=O)CC(NC(=O)Nc1ccc2c(c1)OCO2)C(=O)O. The number of carboxylic acid groups (broad SMARTS) is 1. The zero-order chi connectivity index (χ0) is 16.3. The van der Waals surface area contributed by atoms with Crippen molar-refractivity contribution >= 4 is 27.5 Å². The van der Waals surface area contributed by atoms with Crippen LogP contribution in [-0.2, 0) is 14.6 Å². The number of carbonyl (C=O) groups excluding carboxylic acids is 1. The van der Waals surface area contributed by atoms with Crippen LogP contribution in [0.1, 0.15) is 0 Å². The van der Waals surface area contributed by atoms with Gasteiger partial charge in [-0.15, -0.1) is 0 Å². The Morgan fingerprint density at radius 3 is 2.64 bits per heavy atom. The van der Waals surface area contributed by atoms with Crippen molar-refractivity contribution in [3.63, 3.8) is 0 Å². The van der Waals surface area contributed by atoms with Crippen LogP contribution in [0.15, 0.2) is 18.2 Å². The predicted octanol–water partition coefficient (Wildman–Crippen LogP) is 0.0346.